The van der Waals surface area contributed by atoms with Gasteiger partial charge in [-0.15, -0.1) is 0 Å². The van der Waals surface area contributed by atoms with E-state index in [-0.39, 0.29) is 17.4 Å². The van der Waals surface area contributed by atoms with E-state index in [1.54, 1.807) is 0 Å². The molecule has 0 spiro atoms. The summed E-state index contributed by atoms with van der Waals surface area (Å²) in [5.74, 6) is 0.155. The zero-order valence-corrected chi connectivity index (χ0v) is 12.8. The highest BCUT2D eigenvalue weighted by molar-refractivity contribution is 5.82. The van der Waals surface area contributed by atoms with Crippen LogP contribution in [0.1, 0.15) is 39.2 Å². The molecule has 0 aromatic heterocycles. The Labute approximate surface area is 122 Å². The highest BCUT2D eigenvalue weighted by atomic mass is 16.2. The predicted octanol–water partition coefficient (Wildman–Crippen LogP) is 2.51. The first-order valence-electron chi connectivity index (χ1n) is 7.57. The molecule has 1 aliphatic rings. The van der Waals surface area contributed by atoms with Crippen molar-refractivity contribution < 1.29 is 4.79 Å². The maximum atomic E-state index is 12.5. The number of carbonyl (C=O) groups is 1. The van der Waals surface area contributed by atoms with Gasteiger partial charge in [-0.05, 0) is 38.3 Å². The van der Waals surface area contributed by atoms with Crippen LogP contribution in [-0.4, -0.2) is 24.5 Å². The van der Waals surface area contributed by atoms with Crippen LogP contribution in [-0.2, 0) is 11.2 Å². The lowest BCUT2D eigenvalue weighted by Crippen LogP contribution is -2.54. The Morgan fingerprint density at radius 1 is 1.35 bits per heavy atom. The van der Waals surface area contributed by atoms with E-state index >= 15 is 0 Å². The maximum Gasteiger partial charge on any atom is 0.226 e. The number of rotatable bonds is 4. The Kier molecular flexibility index (Phi) is 4.81. The zero-order chi connectivity index (χ0) is 14.6. The van der Waals surface area contributed by atoms with Crippen LogP contribution >= 0.6 is 0 Å². The molecule has 1 amide bonds. The summed E-state index contributed by atoms with van der Waals surface area (Å²) in [5, 5.41) is 6.65. The third-order valence-corrected chi connectivity index (χ3v) is 4.18. The monoisotopic (exact) mass is 274 g/mol. The normalized spacial score (nSPS) is 23.4. The number of nitrogens with one attached hydrogen (secondary N) is 2. The van der Waals surface area contributed by atoms with Crippen LogP contribution in [0.15, 0.2) is 30.3 Å². The topological polar surface area (TPSA) is 41.1 Å². The van der Waals surface area contributed by atoms with Crippen molar-refractivity contribution in [3.63, 3.8) is 0 Å². The van der Waals surface area contributed by atoms with Gasteiger partial charge in [0.25, 0.3) is 0 Å². The van der Waals surface area contributed by atoms with Crippen molar-refractivity contribution in [2.75, 3.05) is 6.54 Å². The first-order valence-corrected chi connectivity index (χ1v) is 7.57. The molecule has 0 saturated carbocycles. The molecule has 1 saturated heterocycles. The van der Waals surface area contributed by atoms with E-state index in [9.17, 15) is 4.79 Å². The van der Waals surface area contributed by atoms with Crippen LogP contribution in [0.25, 0.3) is 0 Å². The summed E-state index contributed by atoms with van der Waals surface area (Å²) < 4.78 is 0. The molecule has 3 heteroatoms. The molecular weight excluding hydrogens is 248 g/mol. The fourth-order valence-electron chi connectivity index (χ4n) is 2.79. The van der Waals surface area contributed by atoms with Crippen molar-refractivity contribution in [2.24, 2.45) is 5.41 Å². The quantitative estimate of drug-likeness (QED) is 0.886. The largest absolute Gasteiger partial charge is 0.351 e. The van der Waals surface area contributed by atoms with Crippen molar-refractivity contribution in [1.29, 1.82) is 0 Å². The maximum absolute atomic E-state index is 12.5. The van der Waals surface area contributed by atoms with Crippen molar-refractivity contribution in [2.45, 2.75) is 52.1 Å². The van der Waals surface area contributed by atoms with E-state index in [2.05, 4.69) is 29.7 Å². The molecule has 0 radical (unpaired) electrons. The molecular formula is C17H26N2O. The molecule has 1 fully saturated rings. The molecule has 1 aromatic rings. The lowest BCUT2D eigenvalue weighted by atomic mass is 9.84. The third kappa shape index (κ3) is 3.83. The van der Waals surface area contributed by atoms with Gasteiger partial charge >= 0.3 is 0 Å². The van der Waals surface area contributed by atoms with E-state index in [1.807, 2.05) is 32.0 Å². The van der Waals surface area contributed by atoms with Crippen molar-refractivity contribution in [1.82, 2.24) is 10.6 Å². The van der Waals surface area contributed by atoms with Gasteiger partial charge in [-0.2, -0.15) is 0 Å². The van der Waals surface area contributed by atoms with Crippen LogP contribution in [0, 0.1) is 5.41 Å². The van der Waals surface area contributed by atoms with Crippen LogP contribution in [0.3, 0.4) is 0 Å². The molecule has 2 N–H and O–H groups in total. The van der Waals surface area contributed by atoms with Crippen LogP contribution in [0.4, 0.5) is 0 Å². The minimum Gasteiger partial charge on any atom is -0.351 e. The number of carbonyl (C=O) groups excluding carboxylic acids is 1. The van der Waals surface area contributed by atoms with Gasteiger partial charge in [-0.3, -0.25) is 4.79 Å². The van der Waals surface area contributed by atoms with Crippen molar-refractivity contribution >= 4 is 5.91 Å². The summed E-state index contributed by atoms with van der Waals surface area (Å²) in [6.07, 6.45) is 2.98. The lowest BCUT2D eigenvalue weighted by Gasteiger charge is -2.34. The number of hydrogen-bond donors (Lipinski definition) is 2. The molecule has 1 heterocycles. The van der Waals surface area contributed by atoms with Gasteiger partial charge < -0.3 is 10.6 Å². The second-order valence-corrected chi connectivity index (χ2v) is 6.51. The molecule has 20 heavy (non-hydrogen) atoms. The molecule has 2 unspecified atom stereocenters. The van der Waals surface area contributed by atoms with Gasteiger partial charge in [-0.25, -0.2) is 0 Å². The molecule has 0 aliphatic carbocycles. The van der Waals surface area contributed by atoms with E-state index in [1.165, 1.54) is 5.56 Å². The zero-order valence-electron chi connectivity index (χ0n) is 12.8. The minimum absolute atomic E-state index is 0.155. The highest BCUT2D eigenvalue weighted by Crippen LogP contribution is 2.23. The fourth-order valence-corrected chi connectivity index (χ4v) is 2.79. The summed E-state index contributed by atoms with van der Waals surface area (Å²) in [6, 6.07) is 10.8. The second kappa shape index (κ2) is 6.40. The lowest BCUT2D eigenvalue weighted by molar-refractivity contribution is -0.130. The summed E-state index contributed by atoms with van der Waals surface area (Å²) in [7, 11) is 0. The van der Waals surface area contributed by atoms with E-state index in [4.69, 9.17) is 0 Å². The van der Waals surface area contributed by atoms with E-state index in [0.29, 0.717) is 6.04 Å². The van der Waals surface area contributed by atoms with Gasteiger partial charge in [0.2, 0.25) is 5.91 Å². The third-order valence-electron chi connectivity index (χ3n) is 4.18. The predicted molar refractivity (Wildman–Crippen MR) is 82.6 cm³/mol. The Hall–Kier alpha value is -1.35. The number of benzene rings is 1. The Morgan fingerprint density at radius 2 is 2.05 bits per heavy atom. The Bertz CT molecular complexity index is 442. The number of hydrogen-bond acceptors (Lipinski definition) is 2. The second-order valence-electron chi connectivity index (χ2n) is 6.51. The summed E-state index contributed by atoms with van der Waals surface area (Å²) >= 11 is 0. The first kappa shape index (κ1) is 15.0. The van der Waals surface area contributed by atoms with Gasteiger partial charge in [0, 0.05) is 17.5 Å². The molecule has 2 atom stereocenters. The van der Waals surface area contributed by atoms with Crippen LogP contribution in [0.2, 0.25) is 0 Å². The Morgan fingerprint density at radius 3 is 2.70 bits per heavy atom. The van der Waals surface area contributed by atoms with Gasteiger partial charge in [0.05, 0.1) is 0 Å². The molecule has 1 aromatic carbocycles. The molecule has 3 nitrogen and oxygen atoms in total. The summed E-state index contributed by atoms with van der Waals surface area (Å²) in [5.41, 5.74) is 0.834. The fraction of sp³-hybridized carbons (Fsp3) is 0.588. The molecule has 2 rings (SSSR count). The average molecular weight is 274 g/mol. The summed E-state index contributed by atoms with van der Waals surface area (Å²) in [4.78, 5) is 12.5. The van der Waals surface area contributed by atoms with Gasteiger partial charge in [0.15, 0.2) is 0 Å². The Balaban J connectivity index is 1.96. The number of amides is 1. The first-order chi connectivity index (χ1) is 9.49. The van der Waals surface area contributed by atoms with E-state index in [0.717, 1.165) is 25.8 Å². The van der Waals surface area contributed by atoms with E-state index < -0.39 is 0 Å². The molecule has 1 aliphatic heterocycles. The standard InChI is InChI=1S/C17H26N2O/c1-13-15(10-7-11-18-13)19-16(20)17(2,3)12-14-8-5-4-6-9-14/h4-6,8-9,13,15,18H,7,10-12H2,1-3H3,(H,19,20). The van der Waals surface area contributed by atoms with Crippen LogP contribution in [0.5, 0.6) is 0 Å². The average Bonchev–Trinajstić information content (AvgIpc) is 2.42. The van der Waals surface area contributed by atoms with Crippen molar-refractivity contribution in [3.8, 4) is 0 Å². The number of piperidine rings is 1. The SMILES string of the molecule is CC1NCCCC1NC(=O)C(C)(C)Cc1ccccc1. The molecule has 110 valence electrons. The molecule has 0 bridgehead atoms. The minimum atomic E-state index is -0.376. The smallest absolute Gasteiger partial charge is 0.226 e. The van der Waals surface area contributed by atoms with Crippen LogP contribution < -0.4 is 10.6 Å². The van der Waals surface area contributed by atoms with Gasteiger partial charge in [-0.1, -0.05) is 44.2 Å². The van der Waals surface area contributed by atoms with Crippen molar-refractivity contribution in [3.05, 3.63) is 35.9 Å². The van der Waals surface area contributed by atoms with Gasteiger partial charge in [0.1, 0.15) is 0 Å². The highest BCUT2D eigenvalue weighted by Gasteiger charge is 2.31. The summed E-state index contributed by atoms with van der Waals surface area (Å²) in [6.45, 7) is 7.25.